The number of hydrogen-bond acceptors (Lipinski definition) is 3. The van der Waals surface area contributed by atoms with Gasteiger partial charge in [-0.3, -0.25) is 4.79 Å². The van der Waals surface area contributed by atoms with Gasteiger partial charge in [0.15, 0.2) is 0 Å². The molecule has 6 nitrogen and oxygen atoms in total. The number of aryl methyl sites for hydroxylation is 1. The Hall–Kier alpha value is -2.55. The summed E-state index contributed by atoms with van der Waals surface area (Å²) in [6.45, 7) is 3.61. The lowest BCUT2D eigenvalue weighted by atomic mass is 10.1. The molecule has 3 N–H and O–H groups in total. The van der Waals surface area contributed by atoms with Crippen molar-refractivity contribution in [3.8, 4) is 6.07 Å². The molecular formula is C14H17N3O3. The van der Waals surface area contributed by atoms with E-state index in [2.05, 4.69) is 10.6 Å². The number of nitrogens with zero attached hydrogens (tertiary/aromatic N) is 1. The Labute approximate surface area is 117 Å². The molecule has 0 fully saturated rings. The fourth-order valence-electron chi connectivity index (χ4n) is 1.68. The summed E-state index contributed by atoms with van der Waals surface area (Å²) in [6, 6.07) is 6.08. The smallest absolute Gasteiger partial charge is 0.319 e. The highest BCUT2D eigenvalue weighted by molar-refractivity contribution is 5.90. The van der Waals surface area contributed by atoms with Crippen molar-refractivity contribution in [3.05, 3.63) is 29.3 Å². The van der Waals surface area contributed by atoms with E-state index in [1.54, 1.807) is 25.1 Å². The molecule has 0 aliphatic rings. The van der Waals surface area contributed by atoms with Crippen LogP contribution in [-0.4, -0.2) is 23.1 Å². The van der Waals surface area contributed by atoms with Crippen LogP contribution in [0.2, 0.25) is 0 Å². The number of rotatable bonds is 5. The number of nitriles is 1. The first kappa shape index (κ1) is 15.5. The van der Waals surface area contributed by atoms with Crippen molar-refractivity contribution in [1.29, 1.82) is 5.26 Å². The van der Waals surface area contributed by atoms with Gasteiger partial charge in [-0.15, -0.1) is 0 Å². The van der Waals surface area contributed by atoms with Crippen LogP contribution in [0.3, 0.4) is 0 Å². The Morgan fingerprint density at radius 2 is 2.15 bits per heavy atom. The molecule has 2 amide bonds. The maximum atomic E-state index is 11.8. The largest absolute Gasteiger partial charge is 0.481 e. The number of benzene rings is 1. The summed E-state index contributed by atoms with van der Waals surface area (Å²) < 4.78 is 0. The first-order valence-corrected chi connectivity index (χ1v) is 6.26. The van der Waals surface area contributed by atoms with Gasteiger partial charge in [0, 0.05) is 11.7 Å². The summed E-state index contributed by atoms with van der Waals surface area (Å²) in [4.78, 5) is 22.5. The van der Waals surface area contributed by atoms with Crippen LogP contribution in [0.25, 0.3) is 0 Å². The maximum absolute atomic E-state index is 11.8. The predicted molar refractivity (Wildman–Crippen MR) is 74.4 cm³/mol. The Kier molecular flexibility index (Phi) is 5.54. The summed E-state index contributed by atoms with van der Waals surface area (Å²) in [5.41, 5.74) is 1.81. The first-order chi connectivity index (χ1) is 9.46. The van der Waals surface area contributed by atoms with E-state index in [1.807, 2.05) is 13.0 Å². The zero-order valence-electron chi connectivity index (χ0n) is 11.4. The number of carbonyl (C=O) groups is 2. The lowest BCUT2D eigenvalue weighted by molar-refractivity contribution is -0.137. The molecule has 1 rings (SSSR count). The molecule has 1 unspecified atom stereocenters. The van der Waals surface area contributed by atoms with Crippen LogP contribution in [0.15, 0.2) is 18.2 Å². The van der Waals surface area contributed by atoms with Gasteiger partial charge in [-0.2, -0.15) is 5.26 Å². The quantitative estimate of drug-likeness (QED) is 0.766. The Morgan fingerprint density at radius 3 is 2.70 bits per heavy atom. The molecule has 1 aromatic rings. The second-order valence-corrected chi connectivity index (χ2v) is 4.44. The Bertz CT molecular complexity index is 549. The molecule has 0 aliphatic heterocycles. The molecular weight excluding hydrogens is 258 g/mol. The van der Waals surface area contributed by atoms with Crippen molar-refractivity contribution < 1.29 is 14.7 Å². The number of nitrogens with one attached hydrogen (secondary N) is 2. The summed E-state index contributed by atoms with van der Waals surface area (Å²) >= 11 is 0. The third kappa shape index (κ3) is 4.61. The first-order valence-electron chi connectivity index (χ1n) is 6.26. The number of aliphatic carboxylic acids is 1. The van der Waals surface area contributed by atoms with Crippen molar-refractivity contribution in [2.24, 2.45) is 0 Å². The zero-order chi connectivity index (χ0) is 15.1. The minimum Gasteiger partial charge on any atom is -0.481 e. The van der Waals surface area contributed by atoms with Gasteiger partial charge in [0.2, 0.25) is 0 Å². The molecule has 20 heavy (non-hydrogen) atoms. The van der Waals surface area contributed by atoms with Gasteiger partial charge in [0.25, 0.3) is 0 Å². The highest BCUT2D eigenvalue weighted by atomic mass is 16.4. The SMILES string of the molecule is CCC(CC(=O)O)NC(=O)Nc1cc(C#N)ccc1C. The Morgan fingerprint density at radius 1 is 1.45 bits per heavy atom. The molecule has 0 bridgehead atoms. The van der Waals surface area contributed by atoms with Crippen molar-refractivity contribution in [3.63, 3.8) is 0 Å². The summed E-state index contributed by atoms with van der Waals surface area (Å²) in [5.74, 6) is -0.959. The lowest BCUT2D eigenvalue weighted by Gasteiger charge is -2.16. The molecule has 0 saturated carbocycles. The third-order valence-electron chi connectivity index (χ3n) is 2.86. The van der Waals surface area contributed by atoms with Crippen LogP contribution in [0, 0.1) is 18.3 Å². The van der Waals surface area contributed by atoms with Crippen molar-refractivity contribution >= 4 is 17.7 Å². The van der Waals surface area contributed by atoms with Gasteiger partial charge in [-0.1, -0.05) is 13.0 Å². The lowest BCUT2D eigenvalue weighted by Crippen LogP contribution is -2.39. The fraction of sp³-hybridized carbons (Fsp3) is 0.357. The molecule has 106 valence electrons. The molecule has 1 atom stereocenters. The molecule has 0 radical (unpaired) electrons. The molecule has 1 aromatic carbocycles. The van der Waals surface area contributed by atoms with E-state index in [4.69, 9.17) is 10.4 Å². The predicted octanol–water partition coefficient (Wildman–Crippen LogP) is 2.24. The van der Waals surface area contributed by atoms with Crippen LogP contribution in [-0.2, 0) is 4.79 Å². The minimum absolute atomic E-state index is 0.124. The van der Waals surface area contributed by atoms with E-state index in [9.17, 15) is 9.59 Å². The van der Waals surface area contributed by atoms with E-state index < -0.39 is 18.0 Å². The van der Waals surface area contributed by atoms with E-state index in [0.717, 1.165) is 5.56 Å². The van der Waals surface area contributed by atoms with Gasteiger partial charge in [0.05, 0.1) is 18.1 Å². The van der Waals surface area contributed by atoms with Crippen LogP contribution in [0.1, 0.15) is 30.9 Å². The average molecular weight is 275 g/mol. The number of carbonyl (C=O) groups excluding carboxylic acids is 1. The Balaban J connectivity index is 2.71. The van der Waals surface area contributed by atoms with E-state index in [-0.39, 0.29) is 6.42 Å². The molecule has 6 heteroatoms. The van der Waals surface area contributed by atoms with E-state index in [1.165, 1.54) is 0 Å². The fourth-order valence-corrected chi connectivity index (χ4v) is 1.68. The summed E-state index contributed by atoms with van der Waals surface area (Å²) in [6.07, 6.45) is 0.401. The minimum atomic E-state index is -0.959. The van der Waals surface area contributed by atoms with Crippen molar-refractivity contribution in [2.75, 3.05) is 5.32 Å². The number of hydrogen-bond donors (Lipinski definition) is 3. The normalized spacial score (nSPS) is 11.2. The number of amides is 2. The maximum Gasteiger partial charge on any atom is 0.319 e. The number of carboxylic acids is 1. The molecule has 0 heterocycles. The highest BCUT2D eigenvalue weighted by Crippen LogP contribution is 2.16. The zero-order valence-corrected chi connectivity index (χ0v) is 11.4. The second kappa shape index (κ2) is 7.14. The molecule has 0 aliphatic carbocycles. The second-order valence-electron chi connectivity index (χ2n) is 4.44. The standard InChI is InChI=1S/C14H17N3O3/c1-3-11(7-13(18)19)16-14(20)17-12-6-10(8-15)5-4-9(12)2/h4-6,11H,3,7H2,1-2H3,(H,18,19)(H2,16,17,20). The van der Waals surface area contributed by atoms with Crippen molar-refractivity contribution in [2.45, 2.75) is 32.7 Å². The topological polar surface area (TPSA) is 102 Å². The number of anilines is 1. The average Bonchev–Trinajstić information content (AvgIpc) is 2.40. The third-order valence-corrected chi connectivity index (χ3v) is 2.86. The molecule has 0 spiro atoms. The molecule has 0 aromatic heterocycles. The van der Waals surface area contributed by atoms with Gasteiger partial charge in [-0.25, -0.2) is 4.79 Å². The van der Waals surface area contributed by atoms with Gasteiger partial charge in [-0.05, 0) is 31.0 Å². The number of carboxylic acid groups (broad SMARTS) is 1. The summed E-state index contributed by atoms with van der Waals surface area (Å²) in [7, 11) is 0. The van der Waals surface area contributed by atoms with Crippen LogP contribution in [0.4, 0.5) is 10.5 Å². The highest BCUT2D eigenvalue weighted by Gasteiger charge is 2.14. The van der Waals surface area contributed by atoms with Crippen molar-refractivity contribution in [1.82, 2.24) is 5.32 Å². The van der Waals surface area contributed by atoms with Crippen LogP contribution >= 0.6 is 0 Å². The van der Waals surface area contributed by atoms with E-state index in [0.29, 0.717) is 17.7 Å². The number of urea groups is 1. The summed E-state index contributed by atoms with van der Waals surface area (Å²) in [5, 5.41) is 22.8. The van der Waals surface area contributed by atoms with Gasteiger partial charge >= 0.3 is 12.0 Å². The van der Waals surface area contributed by atoms with Crippen LogP contribution in [0.5, 0.6) is 0 Å². The van der Waals surface area contributed by atoms with Gasteiger partial charge in [0.1, 0.15) is 0 Å². The van der Waals surface area contributed by atoms with Crippen LogP contribution < -0.4 is 10.6 Å². The monoisotopic (exact) mass is 275 g/mol. The van der Waals surface area contributed by atoms with Gasteiger partial charge < -0.3 is 15.7 Å². The van der Waals surface area contributed by atoms with E-state index >= 15 is 0 Å². The molecule has 0 saturated heterocycles.